The summed E-state index contributed by atoms with van der Waals surface area (Å²) in [4.78, 5) is 4.14. The minimum absolute atomic E-state index is 0. The molecule has 2 aromatic rings. The molecule has 0 bridgehead atoms. The number of fused-ring (bicyclic) bond motifs is 1. The number of hydrogen-bond acceptors (Lipinski definition) is 3. The zero-order chi connectivity index (χ0) is 21.0. The van der Waals surface area contributed by atoms with Gasteiger partial charge in [-0.1, -0.05) is 30.3 Å². The lowest BCUT2D eigenvalue weighted by atomic mass is 10.1. The van der Waals surface area contributed by atoms with Gasteiger partial charge >= 0.3 is 0 Å². The standard InChI is InChI=1S/C21H27FN4O2S.HI/c1-15-8-9-18(14-19(15)22)16(2)25-21(23-3)24-11-13-29(27,28)26-12-10-17-6-4-5-7-20(17)26;/h4-9,14,16H,10-13H2,1-3H3,(H2,23,24,25);1H. The van der Waals surface area contributed by atoms with Gasteiger partial charge < -0.3 is 10.6 Å². The van der Waals surface area contributed by atoms with E-state index in [9.17, 15) is 12.8 Å². The van der Waals surface area contributed by atoms with Crippen molar-refractivity contribution >= 4 is 45.6 Å². The molecule has 0 amide bonds. The second-order valence-electron chi connectivity index (χ2n) is 7.14. The highest BCUT2D eigenvalue weighted by atomic mass is 127. The van der Waals surface area contributed by atoms with Crippen LogP contribution < -0.4 is 14.9 Å². The molecular weight excluding hydrogens is 518 g/mol. The highest BCUT2D eigenvalue weighted by Gasteiger charge is 2.28. The predicted molar refractivity (Wildman–Crippen MR) is 131 cm³/mol. The lowest BCUT2D eigenvalue weighted by Crippen LogP contribution is -2.42. The summed E-state index contributed by atoms with van der Waals surface area (Å²) in [5.41, 5.74) is 3.21. The van der Waals surface area contributed by atoms with E-state index in [1.165, 1.54) is 10.4 Å². The monoisotopic (exact) mass is 546 g/mol. The second kappa shape index (κ2) is 10.4. The maximum absolute atomic E-state index is 13.8. The molecule has 2 aromatic carbocycles. The van der Waals surface area contributed by atoms with Crippen molar-refractivity contribution in [3.05, 3.63) is 65.0 Å². The molecule has 1 aliphatic rings. The summed E-state index contributed by atoms with van der Waals surface area (Å²) in [5.74, 6) is 0.168. The Hall–Kier alpha value is -1.88. The van der Waals surface area contributed by atoms with E-state index in [1.807, 2.05) is 37.3 Å². The van der Waals surface area contributed by atoms with Crippen molar-refractivity contribution in [3.63, 3.8) is 0 Å². The third-order valence-corrected chi connectivity index (χ3v) is 6.88. The molecule has 6 nitrogen and oxygen atoms in total. The van der Waals surface area contributed by atoms with Gasteiger partial charge in [-0.05, 0) is 49.1 Å². The van der Waals surface area contributed by atoms with E-state index in [0.717, 1.165) is 23.2 Å². The van der Waals surface area contributed by atoms with Crippen LogP contribution in [0.5, 0.6) is 0 Å². The first kappa shape index (κ1) is 24.4. The van der Waals surface area contributed by atoms with Crippen LogP contribution in [0.1, 0.15) is 29.7 Å². The largest absolute Gasteiger partial charge is 0.355 e. The molecule has 2 N–H and O–H groups in total. The van der Waals surface area contributed by atoms with Gasteiger partial charge in [-0.15, -0.1) is 24.0 Å². The molecule has 0 aliphatic carbocycles. The molecule has 1 heterocycles. The molecule has 1 aliphatic heterocycles. The number of nitrogens with zero attached hydrogens (tertiary/aromatic N) is 2. The van der Waals surface area contributed by atoms with Crippen molar-refractivity contribution in [2.75, 3.05) is 30.2 Å². The molecule has 0 radical (unpaired) electrons. The SMILES string of the molecule is CN=C(NCCS(=O)(=O)N1CCc2ccccc21)NC(C)c1ccc(C)c(F)c1.I. The fourth-order valence-corrected chi connectivity index (χ4v) is 4.79. The Labute approximate surface area is 195 Å². The molecule has 30 heavy (non-hydrogen) atoms. The maximum atomic E-state index is 13.8. The Morgan fingerprint density at radius 1 is 1.27 bits per heavy atom. The number of benzene rings is 2. The van der Waals surface area contributed by atoms with Crippen LogP contribution in [0.15, 0.2) is 47.5 Å². The van der Waals surface area contributed by atoms with Gasteiger partial charge in [0.1, 0.15) is 5.82 Å². The molecule has 9 heteroatoms. The van der Waals surface area contributed by atoms with E-state index in [1.54, 1.807) is 20.0 Å². The summed E-state index contributed by atoms with van der Waals surface area (Å²) in [6.45, 7) is 4.31. The van der Waals surface area contributed by atoms with E-state index in [-0.39, 0.29) is 48.1 Å². The first-order valence-electron chi connectivity index (χ1n) is 9.63. The molecular formula is C21H28FIN4O2S. The lowest BCUT2D eigenvalue weighted by Gasteiger charge is -2.21. The Kier molecular flexibility index (Phi) is 8.48. The topological polar surface area (TPSA) is 73.8 Å². The van der Waals surface area contributed by atoms with Crippen molar-refractivity contribution in [2.45, 2.75) is 26.3 Å². The van der Waals surface area contributed by atoms with Crippen LogP contribution >= 0.6 is 24.0 Å². The summed E-state index contributed by atoms with van der Waals surface area (Å²) in [5, 5.41) is 6.20. The van der Waals surface area contributed by atoms with Gasteiger partial charge in [0.15, 0.2) is 5.96 Å². The molecule has 0 saturated heterocycles. The van der Waals surface area contributed by atoms with Crippen LogP contribution in [0.25, 0.3) is 0 Å². The number of guanidine groups is 1. The number of nitrogens with one attached hydrogen (secondary N) is 2. The summed E-state index contributed by atoms with van der Waals surface area (Å²) < 4.78 is 40.8. The number of aliphatic imine (C=N–C) groups is 1. The van der Waals surface area contributed by atoms with Gasteiger partial charge in [0, 0.05) is 20.1 Å². The normalized spacial score (nSPS) is 14.7. The fraction of sp³-hybridized carbons (Fsp3) is 0.381. The zero-order valence-electron chi connectivity index (χ0n) is 17.4. The molecule has 164 valence electrons. The molecule has 0 fully saturated rings. The minimum atomic E-state index is -3.43. The van der Waals surface area contributed by atoms with Crippen LogP contribution in [0, 0.1) is 12.7 Å². The van der Waals surface area contributed by atoms with Crippen molar-refractivity contribution in [2.24, 2.45) is 4.99 Å². The van der Waals surface area contributed by atoms with E-state index < -0.39 is 10.0 Å². The van der Waals surface area contributed by atoms with Gasteiger partial charge in [-0.3, -0.25) is 9.30 Å². The van der Waals surface area contributed by atoms with Gasteiger partial charge in [0.05, 0.1) is 17.5 Å². The Morgan fingerprint density at radius 3 is 2.70 bits per heavy atom. The third-order valence-electron chi connectivity index (χ3n) is 5.11. The quantitative estimate of drug-likeness (QED) is 0.331. The molecule has 1 unspecified atom stereocenters. The molecule has 1 atom stereocenters. The van der Waals surface area contributed by atoms with Crippen LogP contribution in [-0.4, -0.2) is 40.3 Å². The summed E-state index contributed by atoms with van der Waals surface area (Å²) >= 11 is 0. The lowest BCUT2D eigenvalue weighted by molar-refractivity contribution is 0.590. The van der Waals surface area contributed by atoms with Crippen LogP contribution in [-0.2, 0) is 16.4 Å². The van der Waals surface area contributed by atoms with Crippen LogP contribution in [0.2, 0.25) is 0 Å². The van der Waals surface area contributed by atoms with E-state index in [4.69, 9.17) is 0 Å². The minimum Gasteiger partial charge on any atom is -0.355 e. The van der Waals surface area contributed by atoms with Gasteiger partial charge in [-0.2, -0.15) is 0 Å². The number of sulfonamides is 1. The molecule has 0 spiro atoms. The van der Waals surface area contributed by atoms with E-state index in [2.05, 4.69) is 15.6 Å². The molecule has 3 rings (SSSR count). The Morgan fingerprint density at radius 2 is 2.00 bits per heavy atom. The van der Waals surface area contributed by atoms with Crippen molar-refractivity contribution in [1.82, 2.24) is 10.6 Å². The molecule has 0 aromatic heterocycles. The number of hydrogen-bond donors (Lipinski definition) is 2. The average molecular weight is 546 g/mol. The third kappa shape index (κ3) is 5.63. The number of rotatable bonds is 6. The van der Waals surface area contributed by atoms with Crippen LogP contribution in [0.3, 0.4) is 0 Å². The Bertz CT molecular complexity index is 1010. The second-order valence-corrected chi connectivity index (χ2v) is 9.15. The van der Waals surface area contributed by atoms with Crippen molar-refractivity contribution < 1.29 is 12.8 Å². The van der Waals surface area contributed by atoms with E-state index >= 15 is 0 Å². The first-order valence-corrected chi connectivity index (χ1v) is 11.2. The highest BCUT2D eigenvalue weighted by molar-refractivity contribution is 14.0. The first-order chi connectivity index (χ1) is 13.8. The highest BCUT2D eigenvalue weighted by Crippen LogP contribution is 2.29. The Balaban J connectivity index is 0.00000320. The summed E-state index contributed by atoms with van der Waals surface area (Å²) in [7, 11) is -1.82. The van der Waals surface area contributed by atoms with Gasteiger partial charge in [0.25, 0.3) is 0 Å². The van der Waals surface area contributed by atoms with Crippen molar-refractivity contribution in [1.29, 1.82) is 0 Å². The summed E-state index contributed by atoms with van der Waals surface area (Å²) in [6.07, 6.45) is 0.733. The predicted octanol–water partition coefficient (Wildman–Crippen LogP) is 3.37. The van der Waals surface area contributed by atoms with Gasteiger partial charge in [-0.25, -0.2) is 12.8 Å². The number of aryl methyl sites for hydroxylation is 1. The zero-order valence-corrected chi connectivity index (χ0v) is 20.5. The van der Waals surface area contributed by atoms with Gasteiger partial charge in [0.2, 0.25) is 10.0 Å². The van der Waals surface area contributed by atoms with Crippen LogP contribution in [0.4, 0.5) is 10.1 Å². The summed E-state index contributed by atoms with van der Waals surface area (Å²) in [6, 6.07) is 12.5. The number of halogens is 2. The fourth-order valence-electron chi connectivity index (χ4n) is 3.37. The number of anilines is 1. The average Bonchev–Trinajstić information content (AvgIpc) is 3.14. The van der Waals surface area contributed by atoms with Crippen molar-refractivity contribution in [3.8, 4) is 0 Å². The molecule has 0 saturated carbocycles. The van der Waals surface area contributed by atoms with E-state index in [0.29, 0.717) is 18.1 Å². The maximum Gasteiger partial charge on any atom is 0.236 e. The number of para-hydroxylation sites is 1. The smallest absolute Gasteiger partial charge is 0.236 e.